The number of benzene rings is 1. The largest absolute Gasteiger partial charge is 0.395 e. The van der Waals surface area contributed by atoms with Crippen molar-refractivity contribution in [2.75, 3.05) is 6.61 Å². The molecule has 2 atom stereocenters. The number of thioether (sulfide) groups is 1. The molecule has 0 radical (unpaired) electrons. The van der Waals surface area contributed by atoms with Crippen molar-refractivity contribution in [2.24, 2.45) is 5.73 Å². The number of aliphatic hydroxyl groups excluding tert-OH is 1. The number of aliphatic hydroxyl groups is 1. The van der Waals surface area contributed by atoms with Gasteiger partial charge in [-0.2, -0.15) is 0 Å². The molecule has 1 aromatic rings. The van der Waals surface area contributed by atoms with E-state index in [1.165, 1.54) is 0 Å². The molecule has 2 unspecified atom stereocenters. The minimum atomic E-state index is -0.0492. The lowest BCUT2D eigenvalue weighted by atomic mass is 10.1. The number of hydrogen-bond acceptors (Lipinski definition) is 3. The van der Waals surface area contributed by atoms with Gasteiger partial charge in [-0.25, -0.2) is 0 Å². The predicted octanol–water partition coefficient (Wildman–Crippen LogP) is 2.83. The van der Waals surface area contributed by atoms with E-state index in [1.54, 1.807) is 11.8 Å². The molecule has 2 nitrogen and oxygen atoms in total. The van der Waals surface area contributed by atoms with Crippen LogP contribution in [0.5, 0.6) is 0 Å². The third-order valence-electron chi connectivity index (χ3n) is 2.06. The van der Waals surface area contributed by atoms with Gasteiger partial charge >= 0.3 is 0 Å². The van der Waals surface area contributed by atoms with Gasteiger partial charge < -0.3 is 10.8 Å². The Balaban J connectivity index is 2.82. The van der Waals surface area contributed by atoms with Crippen LogP contribution in [0.25, 0.3) is 0 Å². The monoisotopic (exact) mass is 245 g/mol. The van der Waals surface area contributed by atoms with Crippen LogP contribution in [0.2, 0.25) is 5.02 Å². The highest BCUT2D eigenvalue weighted by atomic mass is 35.5. The lowest BCUT2D eigenvalue weighted by Gasteiger charge is -2.11. The van der Waals surface area contributed by atoms with Gasteiger partial charge in [-0.3, -0.25) is 0 Å². The summed E-state index contributed by atoms with van der Waals surface area (Å²) in [6, 6.07) is 5.78. The highest BCUT2D eigenvalue weighted by Crippen LogP contribution is 2.29. The summed E-state index contributed by atoms with van der Waals surface area (Å²) in [5.74, 6) is 0. The summed E-state index contributed by atoms with van der Waals surface area (Å²) in [7, 11) is 0. The molecule has 0 fully saturated rings. The average molecular weight is 246 g/mol. The molecule has 1 rings (SSSR count). The zero-order valence-electron chi connectivity index (χ0n) is 8.90. The highest BCUT2D eigenvalue weighted by molar-refractivity contribution is 8.00. The van der Waals surface area contributed by atoms with Crippen molar-refractivity contribution in [2.45, 2.75) is 30.0 Å². The molecule has 0 aliphatic rings. The van der Waals surface area contributed by atoms with E-state index in [2.05, 4.69) is 0 Å². The molecule has 15 heavy (non-hydrogen) atoms. The van der Waals surface area contributed by atoms with Crippen LogP contribution in [0, 0.1) is 0 Å². The van der Waals surface area contributed by atoms with Gasteiger partial charge in [0, 0.05) is 21.2 Å². The van der Waals surface area contributed by atoms with Gasteiger partial charge in [-0.15, -0.1) is 11.8 Å². The zero-order chi connectivity index (χ0) is 11.4. The van der Waals surface area contributed by atoms with Gasteiger partial charge in [0.25, 0.3) is 0 Å². The van der Waals surface area contributed by atoms with Crippen LogP contribution in [0.15, 0.2) is 23.1 Å². The van der Waals surface area contributed by atoms with Crippen LogP contribution in [-0.2, 0) is 0 Å². The van der Waals surface area contributed by atoms with Crippen molar-refractivity contribution < 1.29 is 5.11 Å². The lowest BCUT2D eigenvalue weighted by Crippen LogP contribution is -2.06. The Morgan fingerprint density at radius 1 is 1.47 bits per heavy atom. The minimum absolute atomic E-state index is 0.0492. The molecule has 0 heterocycles. The van der Waals surface area contributed by atoms with Crippen molar-refractivity contribution >= 4 is 23.4 Å². The summed E-state index contributed by atoms with van der Waals surface area (Å²) < 4.78 is 0. The third kappa shape index (κ3) is 3.68. The van der Waals surface area contributed by atoms with E-state index in [9.17, 15) is 0 Å². The molecular formula is C11H16ClNOS. The molecule has 0 spiro atoms. The zero-order valence-corrected chi connectivity index (χ0v) is 10.5. The molecule has 4 heteroatoms. The Morgan fingerprint density at radius 3 is 2.60 bits per heavy atom. The number of nitrogens with two attached hydrogens (primary N) is 1. The maximum atomic E-state index is 8.93. The molecule has 0 bridgehead atoms. The van der Waals surface area contributed by atoms with Gasteiger partial charge in [0.1, 0.15) is 0 Å². The van der Waals surface area contributed by atoms with Crippen LogP contribution in [0.3, 0.4) is 0 Å². The molecule has 0 aliphatic heterocycles. The van der Waals surface area contributed by atoms with Crippen LogP contribution >= 0.6 is 23.4 Å². The van der Waals surface area contributed by atoms with E-state index in [0.29, 0.717) is 5.02 Å². The van der Waals surface area contributed by atoms with Crippen molar-refractivity contribution in [1.29, 1.82) is 0 Å². The predicted molar refractivity (Wildman–Crippen MR) is 66.5 cm³/mol. The standard InChI is InChI=1S/C11H16ClNOS/c1-7(6-14)15-9-3-4-10(8(2)13)11(12)5-9/h3-5,7-8,14H,6,13H2,1-2H3. The molecule has 0 aromatic heterocycles. The lowest BCUT2D eigenvalue weighted by molar-refractivity contribution is 0.300. The first-order chi connectivity index (χ1) is 7.04. The van der Waals surface area contributed by atoms with Crippen molar-refractivity contribution in [3.63, 3.8) is 0 Å². The molecule has 3 N–H and O–H groups in total. The molecule has 84 valence electrons. The second-order valence-corrected chi connectivity index (χ2v) is 5.50. The Morgan fingerprint density at radius 2 is 2.13 bits per heavy atom. The van der Waals surface area contributed by atoms with Crippen molar-refractivity contribution in [3.05, 3.63) is 28.8 Å². The first-order valence-electron chi connectivity index (χ1n) is 4.87. The molecular weight excluding hydrogens is 230 g/mol. The van der Waals surface area contributed by atoms with E-state index in [0.717, 1.165) is 10.5 Å². The van der Waals surface area contributed by atoms with Gasteiger partial charge in [0.2, 0.25) is 0 Å². The summed E-state index contributed by atoms with van der Waals surface area (Å²) in [4.78, 5) is 1.06. The topological polar surface area (TPSA) is 46.2 Å². The van der Waals surface area contributed by atoms with E-state index in [-0.39, 0.29) is 17.9 Å². The van der Waals surface area contributed by atoms with Crippen LogP contribution in [0.4, 0.5) is 0 Å². The van der Waals surface area contributed by atoms with E-state index in [1.807, 2.05) is 32.0 Å². The maximum absolute atomic E-state index is 8.93. The first kappa shape index (κ1) is 12.8. The summed E-state index contributed by atoms with van der Waals surface area (Å²) in [6.07, 6.45) is 0. The van der Waals surface area contributed by atoms with E-state index in [4.69, 9.17) is 22.4 Å². The molecule has 0 amide bonds. The van der Waals surface area contributed by atoms with Crippen LogP contribution in [-0.4, -0.2) is 17.0 Å². The summed E-state index contributed by atoms with van der Waals surface area (Å²) in [6.45, 7) is 4.04. The molecule has 0 aliphatic carbocycles. The second-order valence-electron chi connectivity index (χ2n) is 3.58. The fourth-order valence-corrected chi connectivity index (χ4v) is 2.51. The Bertz CT molecular complexity index is 330. The second kappa shape index (κ2) is 5.75. The summed E-state index contributed by atoms with van der Waals surface area (Å²) >= 11 is 7.70. The van der Waals surface area contributed by atoms with Crippen LogP contribution in [0.1, 0.15) is 25.5 Å². The molecule has 0 saturated carbocycles. The van der Waals surface area contributed by atoms with Crippen LogP contribution < -0.4 is 5.73 Å². The van der Waals surface area contributed by atoms with Gasteiger partial charge in [-0.1, -0.05) is 24.6 Å². The van der Waals surface area contributed by atoms with Crippen molar-refractivity contribution in [3.8, 4) is 0 Å². The minimum Gasteiger partial charge on any atom is -0.395 e. The van der Waals surface area contributed by atoms with Gasteiger partial charge in [0.05, 0.1) is 6.61 Å². The Labute approximate surface area is 99.8 Å². The summed E-state index contributed by atoms with van der Waals surface area (Å²) in [5.41, 5.74) is 6.72. The molecule has 1 aromatic carbocycles. The fraction of sp³-hybridized carbons (Fsp3) is 0.455. The number of rotatable bonds is 4. The summed E-state index contributed by atoms with van der Waals surface area (Å²) in [5, 5.41) is 9.81. The smallest absolute Gasteiger partial charge is 0.0550 e. The average Bonchev–Trinajstić information content (AvgIpc) is 2.17. The quantitative estimate of drug-likeness (QED) is 0.802. The number of hydrogen-bond donors (Lipinski definition) is 2. The highest BCUT2D eigenvalue weighted by Gasteiger charge is 2.08. The van der Waals surface area contributed by atoms with Crippen molar-refractivity contribution in [1.82, 2.24) is 0 Å². The first-order valence-corrected chi connectivity index (χ1v) is 6.13. The third-order valence-corrected chi connectivity index (χ3v) is 3.46. The molecule has 0 saturated heterocycles. The van der Waals surface area contributed by atoms with Gasteiger partial charge in [0.15, 0.2) is 0 Å². The SMILES string of the molecule is CC(CO)Sc1ccc(C(C)N)c(Cl)c1. The number of halogens is 1. The van der Waals surface area contributed by atoms with Gasteiger partial charge in [-0.05, 0) is 24.6 Å². The Kier molecular flexibility index (Phi) is 4.93. The van der Waals surface area contributed by atoms with E-state index < -0.39 is 0 Å². The fourth-order valence-electron chi connectivity index (χ4n) is 1.22. The Hall–Kier alpha value is -0.220. The maximum Gasteiger partial charge on any atom is 0.0550 e. The normalized spacial score (nSPS) is 15.0. The van der Waals surface area contributed by atoms with E-state index >= 15 is 0 Å².